The van der Waals surface area contributed by atoms with E-state index in [-0.39, 0.29) is 0 Å². The van der Waals surface area contributed by atoms with Gasteiger partial charge in [-0.05, 0) is 24.7 Å². The maximum absolute atomic E-state index is 8.87. The average molecular weight is 140 g/mol. The predicted octanol–water partition coefficient (Wildman–Crippen LogP) is 1.83. The van der Waals surface area contributed by atoms with Crippen LogP contribution in [0, 0.1) is 17.8 Å². The van der Waals surface area contributed by atoms with Gasteiger partial charge in [-0.3, -0.25) is 0 Å². The van der Waals surface area contributed by atoms with Crippen LogP contribution in [0.3, 0.4) is 0 Å². The molecule has 1 N–H and O–H groups in total. The quantitative estimate of drug-likeness (QED) is 0.593. The molecular formula is C9H16O. The molecule has 0 spiro atoms. The zero-order valence-electron chi connectivity index (χ0n) is 6.75. The van der Waals surface area contributed by atoms with Crippen LogP contribution in [0.1, 0.15) is 20.3 Å². The third-order valence-corrected chi connectivity index (χ3v) is 2.49. The van der Waals surface area contributed by atoms with E-state index in [0.717, 1.165) is 5.92 Å². The highest BCUT2D eigenvalue weighted by molar-refractivity contribution is 5.06. The smallest absolute Gasteiger partial charge is 0.0467 e. The Balaban J connectivity index is 2.36. The van der Waals surface area contributed by atoms with E-state index in [2.05, 4.69) is 19.1 Å². The molecule has 0 bridgehead atoms. The Kier molecular flexibility index (Phi) is 2.50. The molecule has 1 rings (SSSR count). The molecule has 10 heavy (non-hydrogen) atoms. The largest absolute Gasteiger partial charge is 0.396 e. The summed E-state index contributed by atoms with van der Waals surface area (Å²) in [5.74, 6) is 2.02. The Morgan fingerprint density at radius 1 is 1.40 bits per heavy atom. The maximum Gasteiger partial charge on any atom is 0.0467 e. The first-order valence-electron chi connectivity index (χ1n) is 4.08. The molecule has 3 atom stereocenters. The van der Waals surface area contributed by atoms with Crippen molar-refractivity contribution < 1.29 is 5.11 Å². The second-order valence-electron chi connectivity index (χ2n) is 3.02. The summed E-state index contributed by atoms with van der Waals surface area (Å²) in [4.78, 5) is 0. The Morgan fingerprint density at radius 2 is 2.10 bits per heavy atom. The van der Waals surface area contributed by atoms with Crippen LogP contribution < -0.4 is 0 Å². The molecule has 3 unspecified atom stereocenters. The van der Waals surface area contributed by atoms with Gasteiger partial charge >= 0.3 is 0 Å². The van der Waals surface area contributed by atoms with E-state index in [4.69, 9.17) is 5.11 Å². The van der Waals surface area contributed by atoms with Crippen molar-refractivity contribution in [1.82, 2.24) is 0 Å². The average Bonchev–Trinajstić information content (AvgIpc) is 2.62. The van der Waals surface area contributed by atoms with E-state index in [9.17, 15) is 0 Å². The van der Waals surface area contributed by atoms with Gasteiger partial charge in [0.05, 0.1) is 0 Å². The fourth-order valence-corrected chi connectivity index (χ4v) is 1.81. The van der Waals surface area contributed by atoms with E-state index in [1.54, 1.807) is 0 Å². The molecule has 0 heterocycles. The third-order valence-electron chi connectivity index (χ3n) is 2.49. The van der Waals surface area contributed by atoms with Gasteiger partial charge in [0.2, 0.25) is 0 Å². The standard InChI is InChI=1S/C9H16O/c1-3-5-8-7(4-2)9(8)6-10/h3,5,7-10H,4,6H2,1-2H3. The Labute approximate surface area is 62.8 Å². The summed E-state index contributed by atoms with van der Waals surface area (Å²) in [6, 6.07) is 0. The van der Waals surface area contributed by atoms with Crippen molar-refractivity contribution in [3.05, 3.63) is 12.2 Å². The molecule has 1 fully saturated rings. The lowest BCUT2D eigenvalue weighted by Gasteiger charge is -1.84. The minimum Gasteiger partial charge on any atom is -0.396 e. The maximum atomic E-state index is 8.87. The highest BCUT2D eigenvalue weighted by Crippen LogP contribution is 2.48. The van der Waals surface area contributed by atoms with E-state index >= 15 is 0 Å². The second kappa shape index (κ2) is 3.20. The van der Waals surface area contributed by atoms with Crippen molar-refractivity contribution in [2.75, 3.05) is 6.61 Å². The number of hydrogen-bond donors (Lipinski definition) is 1. The van der Waals surface area contributed by atoms with Crippen molar-refractivity contribution in [3.8, 4) is 0 Å². The van der Waals surface area contributed by atoms with Crippen molar-refractivity contribution in [3.63, 3.8) is 0 Å². The van der Waals surface area contributed by atoms with Crippen LogP contribution in [0.25, 0.3) is 0 Å². The summed E-state index contributed by atoms with van der Waals surface area (Å²) >= 11 is 0. The molecule has 0 aromatic heterocycles. The molecule has 0 aliphatic heterocycles. The minimum absolute atomic E-state index is 0.369. The highest BCUT2D eigenvalue weighted by atomic mass is 16.3. The van der Waals surface area contributed by atoms with Gasteiger partial charge in [0.25, 0.3) is 0 Å². The monoisotopic (exact) mass is 140 g/mol. The van der Waals surface area contributed by atoms with Crippen LogP contribution in [0.15, 0.2) is 12.2 Å². The number of rotatable bonds is 3. The van der Waals surface area contributed by atoms with Gasteiger partial charge in [0.15, 0.2) is 0 Å². The lowest BCUT2D eigenvalue weighted by atomic mass is 10.2. The molecule has 58 valence electrons. The van der Waals surface area contributed by atoms with Crippen LogP contribution in [-0.4, -0.2) is 11.7 Å². The van der Waals surface area contributed by atoms with Crippen molar-refractivity contribution in [2.45, 2.75) is 20.3 Å². The summed E-state index contributed by atoms with van der Waals surface area (Å²) in [6.45, 7) is 4.60. The van der Waals surface area contributed by atoms with E-state index in [1.165, 1.54) is 6.42 Å². The van der Waals surface area contributed by atoms with Crippen LogP contribution in [0.4, 0.5) is 0 Å². The Morgan fingerprint density at radius 3 is 2.40 bits per heavy atom. The van der Waals surface area contributed by atoms with E-state index < -0.39 is 0 Å². The summed E-state index contributed by atoms with van der Waals surface area (Å²) in [7, 11) is 0. The molecule has 1 nitrogen and oxygen atoms in total. The van der Waals surface area contributed by atoms with E-state index in [0.29, 0.717) is 18.4 Å². The van der Waals surface area contributed by atoms with Gasteiger partial charge in [-0.25, -0.2) is 0 Å². The normalized spacial score (nSPS) is 38.9. The topological polar surface area (TPSA) is 20.2 Å². The lowest BCUT2D eigenvalue weighted by molar-refractivity contribution is 0.265. The number of aliphatic hydroxyl groups is 1. The minimum atomic E-state index is 0.369. The van der Waals surface area contributed by atoms with E-state index in [1.807, 2.05) is 6.92 Å². The summed E-state index contributed by atoms with van der Waals surface area (Å²) in [5, 5.41) is 8.87. The van der Waals surface area contributed by atoms with Gasteiger partial charge < -0.3 is 5.11 Å². The van der Waals surface area contributed by atoms with Crippen molar-refractivity contribution in [1.29, 1.82) is 0 Å². The first-order chi connectivity index (χ1) is 4.85. The zero-order chi connectivity index (χ0) is 7.56. The fourth-order valence-electron chi connectivity index (χ4n) is 1.81. The Bertz CT molecular complexity index is 119. The lowest BCUT2D eigenvalue weighted by Crippen LogP contribution is -1.87. The third kappa shape index (κ3) is 1.24. The molecular weight excluding hydrogens is 124 g/mol. The molecule has 1 aliphatic rings. The molecule has 0 aromatic carbocycles. The zero-order valence-corrected chi connectivity index (χ0v) is 6.75. The van der Waals surface area contributed by atoms with Gasteiger partial charge in [0.1, 0.15) is 0 Å². The van der Waals surface area contributed by atoms with Crippen molar-refractivity contribution >= 4 is 0 Å². The fraction of sp³-hybridized carbons (Fsp3) is 0.778. The van der Waals surface area contributed by atoms with Crippen LogP contribution in [-0.2, 0) is 0 Å². The first kappa shape index (κ1) is 7.80. The molecule has 1 heteroatoms. The summed E-state index contributed by atoms with van der Waals surface area (Å²) in [6.07, 6.45) is 5.51. The molecule has 0 saturated heterocycles. The van der Waals surface area contributed by atoms with Gasteiger partial charge in [-0.15, -0.1) is 0 Å². The van der Waals surface area contributed by atoms with Gasteiger partial charge in [0, 0.05) is 6.61 Å². The molecule has 1 aliphatic carbocycles. The predicted molar refractivity (Wildman–Crippen MR) is 42.7 cm³/mol. The number of allylic oxidation sites excluding steroid dienone is 2. The second-order valence-corrected chi connectivity index (χ2v) is 3.02. The van der Waals surface area contributed by atoms with Crippen LogP contribution >= 0.6 is 0 Å². The van der Waals surface area contributed by atoms with Crippen molar-refractivity contribution in [2.24, 2.45) is 17.8 Å². The first-order valence-corrected chi connectivity index (χ1v) is 4.08. The van der Waals surface area contributed by atoms with Crippen LogP contribution in [0.2, 0.25) is 0 Å². The number of aliphatic hydroxyl groups excluding tert-OH is 1. The molecule has 0 radical (unpaired) electrons. The Hall–Kier alpha value is -0.300. The van der Waals surface area contributed by atoms with Gasteiger partial charge in [-0.2, -0.15) is 0 Å². The molecule has 0 amide bonds. The summed E-state index contributed by atoms with van der Waals surface area (Å²) < 4.78 is 0. The van der Waals surface area contributed by atoms with Gasteiger partial charge in [-0.1, -0.05) is 25.5 Å². The summed E-state index contributed by atoms with van der Waals surface area (Å²) in [5.41, 5.74) is 0. The van der Waals surface area contributed by atoms with Crippen LogP contribution in [0.5, 0.6) is 0 Å². The molecule has 0 aromatic rings. The number of hydrogen-bond acceptors (Lipinski definition) is 1. The SMILES string of the molecule is CC=CC1C(CC)C1CO. The highest BCUT2D eigenvalue weighted by Gasteiger charge is 2.45. The molecule has 1 saturated carbocycles.